The van der Waals surface area contributed by atoms with E-state index in [1.807, 2.05) is 12.1 Å². The van der Waals surface area contributed by atoms with E-state index in [1.165, 1.54) is 17.5 Å². The summed E-state index contributed by atoms with van der Waals surface area (Å²) in [6, 6.07) is 11.1. The Bertz CT molecular complexity index is 627. The molecule has 24 heavy (non-hydrogen) atoms. The third-order valence-corrected chi connectivity index (χ3v) is 5.58. The molecule has 2 atom stereocenters. The minimum absolute atomic E-state index is 0.482. The van der Waals surface area contributed by atoms with Gasteiger partial charge in [-0.05, 0) is 66.9 Å². The second-order valence-electron chi connectivity index (χ2n) is 6.30. The zero-order valence-corrected chi connectivity index (χ0v) is 15.4. The molecule has 1 heterocycles. The highest BCUT2D eigenvalue weighted by molar-refractivity contribution is 7.11. The van der Waals surface area contributed by atoms with Gasteiger partial charge < -0.3 is 14.8 Å². The Kier molecular flexibility index (Phi) is 6.16. The Morgan fingerprint density at radius 2 is 2.17 bits per heavy atom. The van der Waals surface area contributed by atoms with E-state index in [2.05, 4.69) is 35.8 Å². The lowest BCUT2D eigenvalue weighted by molar-refractivity contribution is 0.274. The van der Waals surface area contributed by atoms with E-state index in [0.717, 1.165) is 43.2 Å². The average molecular weight is 346 g/mol. The minimum Gasteiger partial charge on any atom is -0.496 e. The first-order valence-electron chi connectivity index (χ1n) is 8.89. The van der Waals surface area contributed by atoms with Crippen molar-refractivity contribution in [1.29, 1.82) is 0 Å². The molecule has 130 valence electrons. The van der Waals surface area contributed by atoms with Gasteiger partial charge in [0.2, 0.25) is 0 Å². The van der Waals surface area contributed by atoms with E-state index in [1.54, 1.807) is 18.4 Å². The second-order valence-corrected chi connectivity index (χ2v) is 7.21. The van der Waals surface area contributed by atoms with Gasteiger partial charge in [0.05, 0.1) is 13.7 Å². The summed E-state index contributed by atoms with van der Waals surface area (Å²) in [6.07, 6.45) is 4.44. The predicted molar refractivity (Wildman–Crippen MR) is 101 cm³/mol. The van der Waals surface area contributed by atoms with Crippen LogP contribution in [0.25, 0.3) is 0 Å². The monoisotopic (exact) mass is 345 g/mol. The third-order valence-electron chi connectivity index (χ3n) is 4.80. The number of nitrogens with one attached hydrogen (secondary N) is 1. The van der Waals surface area contributed by atoms with Gasteiger partial charge in [-0.25, -0.2) is 0 Å². The summed E-state index contributed by atoms with van der Waals surface area (Å²) in [4.78, 5) is 0. The van der Waals surface area contributed by atoms with Gasteiger partial charge in [-0.1, -0.05) is 19.1 Å². The number of hydrogen-bond acceptors (Lipinski definition) is 4. The number of thiophene rings is 1. The molecule has 1 aliphatic carbocycles. The van der Waals surface area contributed by atoms with Crippen LogP contribution in [-0.2, 0) is 6.42 Å². The molecule has 3 nitrogen and oxygen atoms in total. The fourth-order valence-corrected chi connectivity index (χ4v) is 4.27. The molecule has 0 saturated heterocycles. The zero-order chi connectivity index (χ0) is 16.8. The Hall–Kier alpha value is -1.52. The maximum absolute atomic E-state index is 5.93. The third kappa shape index (κ3) is 3.93. The van der Waals surface area contributed by atoms with Gasteiger partial charge in [-0.2, -0.15) is 0 Å². The molecule has 0 spiro atoms. The smallest absolute Gasteiger partial charge is 0.173 e. The van der Waals surface area contributed by atoms with Crippen molar-refractivity contribution >= 4 is 11.3 Å². The Morgan fingerprint density at radius 3 is 2.92 bits per heavy atom. The summed E-state index contributed by atoms with van der Waals surface area (Å²) in [7, 11) is 1.77. The number of hydrogen-bond donors (Lipinski definition) is 1. The first-order chi connectivity index (χ1) is 11.8. The van der Waals surface area contributed by atoms with Crippen molar-refractivity contribution in [3.63, 3.8) is 0 Å². The van der Waals surface area contributed by atoms with E-state index in [4.69, 9.17) is 9.47 Å². The summed E-state index contributed by atoms with van der Waals surface area (Å²) < 4.78 is 11.5. The lowest BCUT2D eigenvalue weighted by Crippen LogP contribution is -2.39. The highest BCUT2D eigenvalue weighted by Crippen LogP contribution is 2.38. The molecule has 4 heteroatoms. The number of benzene rings is 1. The van der Waals surface area contributed by atoms with E-state index < -0.39 is 0 Å². The van der Waals surface area contributed by atoms with Crippen molar-refractivity contribution in [3.8, 4) is 10.8 Å². The molecule has 3 rings (SSSR count). The number of rotatable bonds is 8. The van der Waals surface area contributed by atoms with Crippen molar-refractivity contribution in [2.75, 3.05) is 20.3 Å². The fourth-order valence-electron chi connectivity index (χ4n) is 3.67. The SMILES string of the molecule is CCCNC1CCc2c(OC)cccc2C1CCOc1cccs1. The second kappa shape index (κ2) is 8.54. The minimum atomic E-state index is 0.482. The molecule has 2 unspecified atom stereocenters. The molecule has 0 fully saturated rings. The van der Waals surface area contributed by atoms with Gasteiger partial charge in [-0.15, -0.1) is 11.3 Å². The summed E-state index contributed by atoms with van der Waals surface area (Å²) in [5, 5.41) is 6.82. The fraction of sp³-hybridized carbons (Fsp3) is 0.500. The highest BCUT2D eigenvalue weighted by atomic mass is 32.1. The normalized spacial score (nSPS) is 19.8. The molecule has 0 saturated carbocycles. The molecule has 2 aromatic rings. The molecule has 1 aromatic heterocycles. The standard InChI is InChI=1S/C20H27NO2S/c1-3-12-21-18-10-9-17-15(6-4-7-19(17)22-2)16(18)11-13-23-20-8-5-14-24-20/h4-8,14,16,18,21H,3,9-13H2,1-2H3. The lowest BCUT2D eigenvalue weighted by atomic mass is 9.77. The van der Waals surface area contributed by atoms with Crippen LogP contribution in [-0.4, -0.2) is 26.3 Å². The Labute approximate surface area is 149 Å². The van der Waals surface area contributed by atoms with E-state index in [9.17, 15) is 0 Å². The average Bonchev–Trinajstić information content (AvgIpc) is 3.13. The molecule has 0 aliphatic heterocycles. The molecular formula is C20H27NO2S. The van der Waals surface area contributed by atoms with Crippen LogP contribution in [0.5, 0.6) is 10.8 Å². The van der Waals surface area contributed by atoms with Crippen LogP contribution >= 0.6 is 11.3 Å². The Balaban J connectivity index is 1.75. The molecule has 1 aromatic carbocycles. The van der Waals surface area contributed by atoms with Crippen LogP contribution < -0.4 is 14.8 Å². The maximum atomic E-state index is 5.93. The van der Waals surface area contributed by atoms with Crippen LogP contribution in [0.3, 0.4) is 0 Å². The highest BCUT2D eigenvalue weighted by Gasteiger charge is 2.30. The molecule has 1 aliphatic rings. The van der Waals surface area contributed by atoms with Crippen molar-refractivity contribution in [2.45, 2.75) is 44.6 Å². The molecule has 0 radical (unpaired) electrons. The van der Waals surface area contributed by atoms with Gasteiger partial charge in [0.15, 0.2) is 5.06 Å². The molecule has 1 N–H and O–H groups in total. The summed E-state index contributed by atoms with van der Waals surface area (Å²) in [6.45, 7) is 4.06. The largest absolute Gasteiger partial charge is 0.496 e. The van der Waals surface area contributed by atoms with Crippen LogP contribution in [0.2, 0.25) is 0 Å². The van der Waals surface area contributed by atoms with Crippen LogP contribution in [0.1, 0.15) is 43.2 Å². The van der Waals surface area contributed by atoms with Crippen LogP contribution in [0, 0.1) is 0 Å². The van der Waals surface area contributed by atoms with Crippen molar-refractivity contribution < 1.29 is 9.47 Å². The molecule has 0 amide bonds. The van der Waals surface area contributed by atoms with E-state index in [-0.39, 0.29) is 0 Å². The topological polar surface area (TPSA) is 30.5 Å². The van der Waals surface area contributed by atoms with Gasteiger partial charge >= 0.3 is 0 Å². The first kappa shape index (κ1) is 17.3. The van der Waals surface area contributed by atoms with Crippen LogP contribution in [0.4, 0.5) is 0 Å². The van der Waals surface area contributed by atoms with Gasteiger partial charge in [0.25, 0.3) is 0 Å². The van der Waals surface area contributed by atoms with E-state index in [0.29, 0.717) is 12.0 Å². The number of ether oxygens (including phenoxy) is 2. The molecule has 0 bridgehead atoms. The first-order valence-corrected chi connectivity index (χ1v) is 9.77. The van der Waals surface area contributed by atoms with Crippen molar-refractivity contribution in [1.82, 2.24) is 5.32 Å². The van der Waals surface area contributed by atoms with Crippen LogP contribution in [0.15, 0.2) is 35.7 Å². The van der Waals surface area contributed by atoms with Gasteiger partial charge in [-0.3, -0.25) is 0 Å². The number of methoxy groups -OCH3 is 1. The number of fused-ring (bicyclic) bond motifs is 1. The summed E-state index contributed by atoms with van der Waals surface area (Å²) in [5.41, 5.74) is 2.82. The lowest BCUT2D eigenvalue weighted by Gasteiger charge is -2.35. The predicted octanol–water partition coefficient (Wildman–Crippen LogP) is 4.62. The van der Waals surface area contributed by atoms with Gasteiger partial charge in [0, 0.05) is 12.0 Å². The molecular weight excluding hydrogens is 318 g/mol. The quantitative estimate of drug-likeness (QED) is 0.757. The summed E-state index contributed by atoms with van der Waals surface area (Å²) >= 11 is 1.66. The van der Waals surface area contributed by atoms with Crippen molar-refractivity contribution in [3.05, 3.63) is 46.8 Å². The van der Waals surface area contributed by atoms with Gasteiger partial charge in [0.1, 0.15) is 5.75 Å². The zero-order valence-electron chi connectivity index (χ0n) is 14.6. The maximum Gasteiger partial charge on any atom is 0.173 e. The van der Waals surface area contributed by atoms with E-state index >= 15 is 0 Å². The Morgan fingerprint density at radius 1 is 1.25 bits per heavy atom. The van der Waals surface area contributed by atoms with Crippen molar-refractivity contribution in [2.24, 2.45) is 0 Å². The summed E-state index contributed by atoms with van der Waals surface area (Å²) in [5.74, 6) is 1.51.